The molecule has 0 N–H and O–H groups in total. The molecule has 81 valence electrons. The van der Waals surface area contributed by atoms with Gasteiger partial charge in [0.1, 0.15) is 0 Å². The minimum atomic E-state index is 0. The van der Waals surface area contributed by atoms with Gasteiger partial charge in [-0.15, -0.1) is 0 Å². The van der Waals surface area contributed by atoms with E-state index in [2.05, 4.69) is 6.92 Å². The third kappa shape index (κ3) is 15.7. The Morgan fingerprint density at radius 2 is 1.00 bits per heavy atom. The number of unbranched alkanes of at least 4 members (excludes halogenated alkanes) is 9. The second kappa shape index (κ2) is 16.7. The maximum absolute atomic E-state index is 4.90. The fraction of sp³-hybridized carbons (Fsp3) is 1.00. The Balaban J connectivity index is 0. The number of rotatable bonds is 10. The van der Waals surface area contributed by atoms with Crippen LogP contribution in [0.2, 0.25) is 0 Å². The second-order valence-electron chi connectivity index (χ2n) is 3.89. The van der Waals surface area contributed by atoms with E-state index in [-0.39, 0.29) is 27.7 Å². The van der Waals surface area contributed by atoms with Crippen molar-refractivity contribution >= 4 is 12.6 Å². The summed E-state index contributed by atoms with van der Waals surface area (Å²) in [6.07, 6.45) is 14.0. The normalized spacial score (nSPS) is 9.86. The van der Waals surface area contributed by atoms with Crippen molar-refractivity contribution in [1.29, 1.82) is 0 Å². The standard InChI is InChI=1S/C12H26S.Hg/c1-2-3-4-5-6-7-8-9-10-11-12-13;/h13H,2-12H2,1H3;/q;+1/p-1. The van der Waals surface area contributed by atoms with Gasteiger partial charge < -0.3 is 12.6 Å². The largest absolute Gasteiger partial charge is 1.00 e. The van der Waals surface area contributed by atoms with Gasteiger partial charge in [0.2, 0.25) is 0 Å². The molecule has 0 aromatic carbocycles. The minimum Gasteiger partial charge on any atom is -0.793 e. The van der Waals surface area contributed by atoms with E-state index in [4.69, 9.17) is 12.6 Å². The summed E-state index contributed by atoms with van der Waals surface area (Å²) < 4.78 is 0. The summed E-state index contributed by atoms with van der Waals surface area (Å²) in [7, 11) is 0. The average Bonchev–Trinajstić information content (AvgIpc) is 2.16. The van der Waals surface area contributed by atoms with Gasteiger partial charge in [0.05, 0.1) is 0 Å². The molecule has 0 heterocycles. The van der Waals surface area contributed by atoms with Crippen molar-refractivity contribution in [1.82, 2.24) is 0 Å². The molecular formula is C12H25HgS. The van der Waals surface area contributed by atoms with E-state index in [1.165, 1.54) is 64.2 Å². The van der Waals surface area contributed by atoms with Crippen molar-refractivity contribution in [3.63, 3.8) is 0 Å². The molecule has 0 aliphatic heterocycles. The van der Waals surface area contributed by atoms with Crippen LogP contribution in [0.3, 0.4) is 0 Å². The van der Waals surface area contributed by atoms with Gasteiger partial charge in [-0.1, -0.05) is 71.1 Å². The molecule has 0 saturated heterocycles. The summed E-state index contributed by atoms with van der Waals surface area (Å²) in [5.74, 6) is 0.955. The zero-order valence-electron chi connectivity index (χ0n) is 9.89. The van der Waals surface area contributed by atoms with Crippen LogP contribution in [-0.2, 0) is 40.3 Å². The van der Waals surface area contributed by atoms with Gasteiger partial charge in [0, 0.05) is 0 Å². The Morgan fingerprint density at radius 1 is 0.643 bits per heavy atom. The zero-order chi connectivity index (χ0) is 9.78. The van der Waals surface area contributed by atoms with E-state index in [1.54, 1.807) is 0 Å². The quantitative estimate of drug-likeness (QED) is 0.296. The van der Waals surface area contributed by atoms with Crippen LogP contribution in [0.5, 0.6) is 0 Å². The van der Waals surface area contributed by atoms with Crippen LogP contribution in [0.15, 0.2) is 0 Å². The van der Waals surface area contributed by atoms with Gasteiger partial charge in [-0.3, -0.25) is 0 Å². The van der Waals surface area contributed by atoms with Gasteiger partial charge in [-0.2, -0.15) is 5.75 Å². The topological polar surface area (TPSA) is 0 Å². The molecule has 0 atom stereocenters. The van der Waals surface area contributed by atoms with Crippen molar-refractivity contribution in [2.75, 3.05) is 5.75 Å². The van der Waals surface area contributed by atoms with Crippen LogP contribution >= 0.6 is 0 Å². The Hall–Kier alpha value is 1.29. The van der Waals surface area contributed by atoms with E-state index in [1.807, 2.05) is 0 Å². The smallest absolute Gasteiger partial charge is 0.793 e. The molecule has 0 aliphatic carbocycles. The Bertz CT molecular complexity index is 76.4. The average molecular weight is 402 g/mol. The predicted molar refractivity (Wildman–Crippen MR) is 64.1 cm³/mol. The Labute approximate surface area is 117 Å². The summed E-state index contributed by atoms with van der Waals surface area (Å²) in [6, 6.07) is 0. The first-order valence-corrected chi connectivity index (χ1v) is 6.57. The molecule has 0 aliphatic rings. The molecule has 0 aromatic rings. The van der Waals surface area contributed by atoms with E-state index in [9.17, 15) is 0 Å². The van der Waals surface area contributed by atoms with Crippen molar-refractivity contribution < 1.29 is 27.7 Å². The third-order valence-corrected chi connectivity index (χ3v) is 2.79. The fourth-order valence-corrected chi connectivity index (χ4v) is 1.79. The molecule has 0 fully saturated rings. The number of hydrogen-bond donors (Lipinski definition) is 0. The molecule has 0 saturated carbocycles. The van der Waals surface area contributed by atoms with Crippen molar-refractivity contribution in [2.45, 2.75) is 71.1 Å². The first kappa shape index (κ1) is 17.7. The van der Waals surface area contributed by atoms with E-state index in [0.717, 1.165) is 5.75 Å². The predicted octanol–water partition coefficient (Wildman–Crippen LogP) is 4.45. The fourth-order valence-electron chi connectivity index (χ4n) is 1.59. The zero-order valence-corrected chi connectivity index (χ0v) is 16.2. The summed E-state index contributed by atoms with van der Waals surface area (Å²) >= 11 is 4.90. The van der Waals surface area contributed by atoms with Crippen molar-refractivity contribution in [3.05, 3.63) is 0 Å². The molecule has 0 bridgehead atoms. The Morgan fingerprint density at radius 3 is 1.36 bits per heavy atom. The maximum atomic E-state index is 4.90. The molecule has 0 amide bonds. The minimum absolute atomic E-state index is 0. The molecular weight excluding hydrogens is 377 g/mol. The molecule has 0 aromatic heterocycles. The maximum Gasteiger partial charge on any atom is 1.00 e. The summed E-state index contributed by atoms with van der Waals surface area (Å²) in [4.78, 5) is 0. The summed E-state index contributed by atoms with van der Waals surface area (Å²) in [5, 5.41) is 0. The second-order valence-corrected chi connectivity index (χ2v) is 4.29. The summed E-state index contributed by atoms with van der Waals surface area (Å²) in [6.45, 7) is 2.27. The van der Waals surface area contributed by atoms with Crippen molar-refractivity contribution in [2.24, 2.45) is 0 Å². The van der Waals surface area contributed by atoms with Gasteiger partial charge in [-0.05, 0) is 0 Å². The first-order valence-electron chi connectivity index (χ1n) is 6.00. The van der Waals surface area contributed by atoms with E-state index < -0.39 is 0 Å². The van der Waals surface area contributed by atoms with Crippen LogP contribution in [0.4, 0.5) is 0 Å². The van der Waals surface area contributed by atoms with Crippen LogP contribution in [0.1, 0.15) is 71.1 Å². The SMILES string of the molecule is CCCCCCCCCCCC[S-].[Hg+]. The Kier molecular flexibility index (Phi) is 21.1. The van der Waals surface area contributed by atoms with Crippen LogP contribution in [0, 0.1) is 0 Å². The van der Waals surface area contributed by atoms with Gasteiger partial charge in [-0.25, -0.2) is 0 Å². The molecule has 0 unspecified atom stereocenters. The van der Waals surface area contributed by atoms with E-state index in [0.29, 0.717) is 0 Å². The first-order chi connectivity index (χ1) is 6.41. The molecule has 2 heteroatoms. The van der Waals surface area contributed by atoms with Crippen molar-refractivity contribution in [3.8, 4) is 0 Å². The molecule has 1 radical (unpaired) electrons. The molecule has 0 spiro atoms. The van der Waals surface area contributed by atoms with Crippen LogP contribution in [0.25, 0.3) is 0 Å². The molecule has 14 heavy (non-hydrogen) atoms. The monoisotopic (exact) mass is 403 g/mol. The van der Waals surface area contributed by atoms with Crippen LogP contribution in [-0.4, -0.2) is 5.75 Å². The molecule has 0 nitrogen and oxygen atoms in total. The number of hydrogen-bond acceptors (Lipinski definition) is 1. The van der Waals surface area contributed by atoms with E-state index >= 15 is 0 Å². The molecule has 0 rings (SSSR count). The van der Waals surface area contributed by atoms with Gasteiger partial charge in [0.25, 0.3) is 0 Å². The van der Waals surface area contributed by atoms with Crippen LogP contribution < -0.4 is 0 Å². The van der Waals surface area contributed by atoms with Gasteiger partial charge in [0.15, 0.2) is 0 Å². The van der Waals surface area contributed by atoms with Gasteiger partial charge >= 0.3 is 27.7 Å². The third-order valence-electron chi connectivity index (χ3n) is 2.50. The summed E-state index contributed by atoms with van der Waals surface area (Å²) in [5.41, 5.74) is 0.